The highest BCUT2D eigenvalue weighted by Crippen LogP contribution is 2.28. The predicted molar refractivity (Wildman–Crippen MR) is 46.5 cm³/mol. The zero-order valence-electron chi connectivity index (χ0n) is 7.52. The lowest BCUT2D eigenvalue weighted by Crippen LogP contribution is -2.16. The van der Waals surface area contributed by atoms with Crippen LogP contribution in [0.1, 0.15) is 5.82 Å². The molecule has 0 bridgehead atoms. The normalized spacial score (nSPS) is 11.9. The number of aromatic nitrogens is 2. The molecule has 0 unspecified atom stereocenters. The fourth-order valence-electron chi connectivity index (χ4n) is 0.817. The molecule has 0 aliphatic heterocycles. The van der Waals surface area contributed by atoms with E-state index < -0.39 is 35.9 Å². The molecule has 16 heavy (non-hydrogen) atoms. The maximum atomic E-state index is 12.2. The first-order valence-electron chi connectivity index (χ1n) is 3.93. The van der Waals surface area contributed by atoms with Crippen molar-refractivity contribution < 1.29 is 22.0 Å². The van der Waals surface area contributed by atoms with Crippen LogP contribution >= 0.6 is 11.6 Å². The highest BCUT2D eigenvalue weighted by molar-refractivity contribution is 6.29. The summed E-state index contributed by atoms with van der Waals surface area (Å²) < 4.78 is 60.2. The van der Waals surface area contributed by atoms with Crippen molar-refractivity contribution in [1.82, 2.24) is 9.97 Å². The second-order valence-electron chi connectivity index (χ2n) is 2.67. The van der Waals surface area contributed by atoms with Crippen LogP contribution in [0.5, 0.6) is 0 Å². The van der Waals surface area contributed by atoms with Crippen LogP contribution in [0.3, 0.4) is 0 Å². The summed E-state index contributed by atoms with van der Waals surface area (Å²) in [7, 11) is 0. The summed E-state index contributed by atoms with van der Waals surface area (Å²) in [6, 6.07) is 0.930. The van der Waals surface area contributed by atoms with E-state index in [1.165, 1.54) is 0 Å². The van der Waals surface area contributed by atoms with E-state index in [0.717, 1.165) is 6.07 Å². The van der Waals surface area contributed by atoms with Crippen LogP contribution in [0.15, 0.2) is 6.07 Å². The lowest BCUT2D eigenvalue weighted by Gasteiger charge is -2.09. The molecule has 0 saturated heterocycles. The van der Waals surface area contributed by atoms with Gasteiger partial charge in [0.25, 0.3) is 6.43 Å². The number of hydrogen-bond acceptors (Lipinski definition) is 3. The number of hydrogen-bond donors (Lipinski definition) is 1. The van der Waals surface area contributed by atoms with Gasteiger partial charge < -0.3 is 5.32 Å². The van der Waals surface area contributed by atoms with Gasteiger partial charge in [-0.2, -0.15) is 13.2 Å². The van der Waals surface area contributed by atoms with E-state index in [-0.39, 0.29) is 0 Å². The highest BCUT2D eigenvalue weighted by Gasteiger charge is 2.35. The van der Waals surface area contributed by atoms with Gasteiger partial charge in [-0.3, -0.25) is 0 Å². The third-order valence-corrected chi connectivity index (χ3v) is 1.58. The van der Waals surface area contributed by atoms with Gasteiger partial charge in [0.2, 0.25) is 5.82 Å². The molecule has 9 heteroatoms. The maximum Gasteiger partial charge on any atom is 0.451 e. The first-order chi connectivity index (χ1) is 7.29. The van der Waals surface area contributed by atoms with Crippen molar-refractivity contribution >= 4 is 17.4 Å². The standard InChI is InChI=1S/C7H5ClF5N3/c8-3-1-5(14-2-4(9)10)16-6(15-3)7(11,12)13/h1,4H,2H2,(H,14,15,16). The highest BCUT2D eigenvalue weighted by atomic mass is 35.5. The van der Waals surface area contributed by atoms with E-state index in [1.54, 1.807) is 0 Å². The van der Waals surface area contributed by atoms with Gasteiger partial charge in [-0.15, -0.1) is 0 Å². The summed E-state index contributed by atoms with van der Waals surface area (Å²) in [5.74, 6) is -1.87. The van der Waals surface area contributed by atoms with Gasteiger partial charge in [-0.25, -0.2) is 18.7 Å². The minimum atomic E-state index is -4.77. The van der Waals surface area contributed by atoms with Crippen molar-refractivity contribution in [3.05, 3.63) is 17.0 Å². The number of alkyl halides is 5. The molecular formula is C7H5ClF5N3. The Hall–Kier alpha value is -1.18. The molecule has 0 atom stereocenters. The Morgan fingerprint density at radius 2 is 1.94 bits per heavy atom. The van der Waals surface area contributed by atoms with Crippen LogP contribution in [0.4, 0.5) is 27.8 Å². The van der Waals surface area contributed by atoms with Crippen LogP contribution in [0, 0.1) is 0 Å². The maximum absolute atomic E-state index is 12.2. The summed E-state index contributed by atoms with van der Waals surface area (Å²) in [5, 5.41) is 1.54. The van der Waals surface area contributed by atoms with Crippen LogP contribution in [-0.4, -0.2) is 22.9 Å². The summed E-state index contributed by atoms with van der Waals surface area (Å²) >= 11 is 5.29. The van der Waals surface area contributed by atoms with E-state index >= 15 is 0 Å². The van der Waals surface area contributed by atoms with Crippen molar-refractivity contribution in [2.75, 3.05) is 11.9 Å². The molecule has 0 aliphatic rings. The number of rotatable bonds is 3. The van der Waals surface area contributed by atoms with Crippen molar-refractivity contribution in [2.24, 2.45) is 0 Å². The Kier molecular flexibility index (Phi) is 3.84. The summed E-state index contributed by atoms with van der Waals surface area (Å²) in [5.41, 5.74) is 0. The molecule has 0 radical (unpaired) electrons. The zero-order valence-corrected chi connectivity index (χ0v) is 8.28. The zero-order chi connectivity index (χ0) is 12.3. The first kappa shape index (κ1) is 12.9. The quantitative estimate of drug-likeness (QED) is 0.672. The Bertz CT molecular complexity index is 368. The van der Waals surface area contributed by atoms with E-state index in [9.17, 15) is 22.0 Å². The van der Waals surface area contributed by atoms with Gasteiger partial charge in [0, 0.05) is 6.07 Å². The molecule has 1 heterocycles. The second-order valence-corrected chi connectivity index (χ2v) is 3.06. The van der Waals surface area contributed by atoms with Gasteiger partial charge in [0.05, 0.1) is 6.54 Å². The number of anilines is 1. The number of nitrogens with zero attached hydrogens (tertiary/aromatic N) is 2. The van der Waals surface area contributed by atoms with Gasteiger partial charge in [0.15, 0.2) is 0 Å². The van der Waals surface area contributed by atoms with Gasteiger partial charge in [-0.1, -0.05) is 11.6 Å². The van der Waals surface area contributed by atoms with Gasteiger partial charge in [-0.05, 0) is 0 Å². The number of halogens is 6. The van der Waals surface area contributed by atoms with E-state index in [1.807, 2.05) is 5.32 Å². The molecule has 1 aromatic heterocycles. The smallest absolute Gasteiger partial charge is 0.364 e. The monoisotopic (exact) mass is 261 g/mol. The average molecular weight is 262 g/mol. The molecule has 0 saturated carbocycles. The van der Waals surface area contributed by atoms with Crippen molar-refractivity contribution in [3.8, 4) is 0 Å². The van der Waals surface area contributed by atoms with Crippen molar-refractivity contribution in [3.63, 3.8) is 0 Å². The Morgan fingerprint density at radius 3 is 2.44 bits per heavy atom. The fraction of sp³-hybridized carbons (Fsp3) is 0.429. The van der Waals surface area contributed by atoms with Crippen LogP contribution < -0.4 is 5.32 Å². The third-order valence-electron chi connectivity index (χ3n) is 1.39. The molecular weight excluding hydrogens is 257 g/mol. The minimum absolute atomic E-state index is 0.396. The molecule has 0 spiro atoms. The minimum Gasteiger partial charge on any atom is -0.364 e. The molecule has 90 valence electrons. The molecule has 1 rings (SSSR count). The summed E-state index contributed by atoms with van der Waals surface area (Å²) in [6.45, 7) is -0.815. The van der Waals surface area contributed by atoms with E-state index in [4.69, 9.17) is 11.6 Å². The molecule has 1 N–H and O–H groups in total. The first-order valence-corrected chi connectivity index (χ1v) is 4.30. The molecule has 0 aromatic carbocycles. The molecule has 1 aromatic rings. The van der Waals surface area contributed by atoms with Gasteiger partial charge in [0.1, 0.15) is 11.0 Å². The van der Waals surface area contributed by atoms with Crippen molar-refractivity contribution in [1.29, 1.82) is 0 Å². The second kappa shape index (κ2) is 4.77. The van der Waals surface area contributed by atoms with Crippen molar-refractivity contribution in [2.45, 2.75) is 12.6 Å². The topological polar surface area (TPSA) is 37.8 Å². The Labute approximate surface area is 91.6 Å². The summed E-state index contributed by atoms with van der Waals surface area (Å²) in [6.07, 6.45) is -7.48. The molecule has 0 amide bonds. The molecule has 3 nitrogen and oxygen atoms in total. The average Bonchev–Trinajstić information content (AvgIpc) is 2.12. The summed E-state index contributed by atoms with van der Waals surface area (Å²) in [4.78, 5) is 5.95. The fourth-order valence-corrected chi connectivity index (χ4v) is 1.00. The van der Waals surface area contributed by atoms with Crippen LogP contribution in [0.2, 0.25) is 5.15 Å². The number of nitrogens with one attached hydrogen (secondary N) is 1. The van der Waals surface area contributed by atoms with Gasteiger partial charge >= 0.3 is 6.18 Å². The molecule has 0 aliphatic carbocycles. The Morgan fingerprint density at radius 1 is 1.31 bits per heavy atom. The molecule has 0 fully saturated rings. The van der Waals surface area contributed by atoms with Crippen LogP contribution in [0.25, 0.3) is 0 Å². The third kappa shape index (κ3) is 3.76. The van der Waals surface area contributed by atoms with E-state index in [2.05, 4.69) is 9.97 Å². The lowest BCUT2D eigenvalue weighted by atomic mass is 10.5. The van der Waals surface area contributed by atoms with Crippen LogP contribution in [-0.2, 0) is 6.18 Å². The van der Waals surface area contributed by atoms with E-state index in [0.29, 0.717) is 0 Å². The lowest BCUT2D eigenvalue weighted by molar-refractivity contribution is -0.144. The largest absolute Gasteiger partial charge is 0.451 e. The SMILES string of the molecule is FC(F)CNc1cc(Cl)nc(C(F)(F)F)n1. The predicted octanol–water partition coefficient (Wildman–Crippen LogP) is 2.83. The Balaban J connectivity index is 2.90.